The van der Waals surface area contributed by atoms with Gasteiger partial charge in [0.1, 0.15) is 5.75 Å². The topological polar surface area (TPSA) is 46.5 Å². The number of carboxylic acid groups (broad SMARTS) is 1. The average molecular weight is 364 g/mol. The van der Waals surface area contributed by atoms with E-state index in [0.717, 1.165) is 37.9 Å². The van der Waals surface area contributed by atoms with Crippen molar-refractivity contribution in [3.05, 3.63) is 65.7 Å². The molecule has 2 aromatic rings. The molecule has 4 rings (SSSR count). The number of carbonyl (C=O) groups is 1. The van der Waals surface area contributed by atoms with Crippen molar-refractivity contribution in [1.29, 1.82) is 0 Å². The molecule has 2 aromatic carbocycles. The van der Waals surface area contributed by atoms with Crippen LogP contribution in [0.5, 0.6) is 5.75 Å². The van der Waals surface area contributed by atoms with E-state index >= 15 is 0 Å². The molecular formula is C24H28O3. The molecule has 0 unspecified atom stereocenters. The van der Waals surface area contributed by atoms with Gasteiger partial charge in [-0.2, -0.15) is 0 Å². The number of aliphatic carboxylic acids is 1. The fourth-order valence-electron chi connectivity index (χ4n) is 4.42. The SMILES string of the molecule is O=C(O)[C@@H]1C[C@H]1CCc1ccc([C@@H]2CCC[C@@H](Oc3ccccc3)C2)cc1. The highest BCUT2D eigenvalue weighted by molar-refractivity contribution is 5.73. The van der Waals surface area contributed by atoms with Crippen molar-refractivity contribution in [2.45, 2.75) is 57.0 Å². The van der Waals surface area contributed by atoms with Gasteiger partial charge in [-0.3, -0.25) is 4.79 Å². The van der Waals surface area contributed by atoms with Crippen LogP contribution in [0.2, 0.25) is 0 Å². The average Bonchev–Trinajstić information content (AvgIpc) is 3.48. The molecule has 3 nitrogen and oxygen atoms in total. The fourth-order valence-corrected chi connectivity index (χ4v) is 4.42. The summed E-state index contributed by atoms with van der Waals surface area (Å²) in [6.07, 6.45) is 7.79. The number of hydrogen-bond donors (Lipinski definition) is 1. The maximum Gasteiger partial charge on any atom is 0.306 e. The van der Waals surface area contributed by atoms with Crippen LogP contribution in [0.15, 0.2) is 54.6 Å². The van der Waals surface area contributed by atoms with Crippen LogP contribution in [-0.4, -0.2) is 17.2 Å². The number of carboxylic acids is 1. The minimum atomic E-state index is -0.625. The molecule has 3 heteroatoms. The molecule has 2 aliphatic carbocycles. The van der Waals surface area contributed by atoms with Crippen LogP contribution < -0.4 is 4.74 Å². The van der Waals surface area contributed by atoms with Gasteiger partial charge in [0.25, 0.3) is 0 Å². The third-order valence-corrected chi connectivity index (χ3v) is 6.17. The first-order chi connectivity index (χ1) is 13.2. The molecule has 4 atom stereocenters. The fraction of sp³-hybridized carbons (Fsp3) is 0.458. The highest BCUT2D eigenvalue weighted by Crippen LogP contribution is 2.42. The van der Waals surface area contributed by atoms with E-state index in [4.69, 9.17) is 9.84 Å². The van der Waals surface area contributed by atoms with E-state index < -0.39 is 5.97 Å². The summed E-state index contributed by atoms with van der Waals surface area (Å²) in [7, 11) is 0. The molecule has 0 heterocycles. The van der Waals surface area contributed by atoms with Crippen LogP contribution in [0.25, 0.3) is 0 Å². The first-order valence-corrected chi connectivity index (χ1v) is 10.2. The lowest BCUT2D eigenvalue weighted by Gasteiger charge is -2.30. The Kier molecular flexibility index (Phi) is 5.47. The molecule has 2 aliphatic rings. The third-order valence-electron chi connectivity index (χ3n) is 6.17. The maximum absolute atomic E-state index is 10.9. The monoisotopic (exact) mass is 364 g/mol. The van der Waals surface area contributed by atoms with Crippen LogP contribution >= 0.6 is 0 Å². The highest BCUT2D eigenvalue weighted by atomic mass is 16.5. The number of rotatable bonds is 7. The number of para-hydroxylation sites is 1. The van der Waals surface area contributed by atoms with Gasteiger partial charge in [-0.05, 0) is 80.0 Å². The van der Waals surface area contributed by atoms with Crippen molar-refractivity contribution in [1.82, 2.24) is 0 Å². The molecule has 142 valence electrons. The molecule has 0 amide bonds. The summed E-state index contributed by atoms with van der Waals surface area (Å²) in [6, 6.07) is 19.1. The normalized spacial score (nSPS) is 27.1. The molecule has 1 N–H and O–H groups in total. The molecule has 0 spiro atoms. The lowest BCUT2D eigenvalue weighted by Crippen LogP contribution is -2.24. The summed E-state index contributed by atoms with van der Waals surface area (Å²) >= 11 is 0. The van der Waals surface area contributed by atoms with E-state index in [1.807, 2.05) is 30.3 Å². The first kappa shape index (κ1) is 18.1. The van der Waals surface area contributed by atoms with E-state index in [0.29, 0.717) is 17.9 Å². The predicted octanol–water partition coefficient (Wildman–Crippen LogP) is 5.45. The van der Waals surface area contributed by atoms with E-state index in [1.165, 1.54) is 24.0 Å². The summed E-state index contributed by atoms with van der Waals surface area (Å²) in [5, 5.41) is 9.01. The van der Waals surface area contributed by atoms with Crippen molar-refractivity contribution in [3.8, 4) is 5.75 Å². The van der Waals surface area contributed by atoms with Gasteiger partial charge in [0.15, 0.2) is 0 Å². The largest absolute Gasteiger partial charge is 0.490 e. The van der Waals surface area contributed by atoms with E-state index in [2.05, 4.69) is 24.3 Å². The Bertz CT molecular complexity index is 753. The summed E-state index contributed by atoms with van der Waals surface area (Å²) in [5.74, 6) is 1.21. The Balaban J connectivity index is 1.29. The lowest BCUT2D eigenvalue weighted by atomic mass is 9.82. The smallest absolute Gasteiger partial charge is 0.306 e. The van der Waals surface area contributed by atoms with Crippen molar-refractivity contribution >= 4 is 5.97 Å². The summed E-state index contributed by atoms with van der Waals surface area (Å²) < 4.78 is 6.18. The van der Waals surface area contributed by atoms with Crippen molar-refractivity contribution in [2.75, 3.05) is 0 Å². The van der Waals surface area contributed by atoms with Gasteiger partial charge in [0.05, 0.1) is 12.0 Å². The van der Waals surface area contributed by atoms with Crippen LogP contribution in [-0.2, 0) is 11.2 Å². The Labute approximate surface area is 161 Å². The van der Waals surface area contributed by atoms with Gasteiger partial charge in [-0.1, -0.05) is 42.5 Å². The van der Waals surface area contributed by atoms with Gasteiger partial charge >= 0.3 is 5.97 Å². The van der Waals surface area contributed by atoms with Gasteiger partial charge in [0.2, 0.25) is 0 Å². The minimum absolute atomic E-state index is 0.0898. The zero-order valence-electron chi connectivity index (χ0n) is 15.7. The first-order valence-electron chi connectivity index (χ1n) is 10.2. The minimum Gasteiger partial charge on any atom is -0.490 e. The van der Waals surface area contributed by atoms with Gasteiger partial charge in [-0.15, -0.1) is 0 Å². The third kappa shape index (κ3) is 4.71. The Hall–Kier alpha value is -2.29. The zero-order valence-corrected chi connectivity index (χ0v) is 15.7. The van der Waals surface area contributed by atoms with E-state index in [9.17, 15) is 4.79 Å². The van der Waals surface area contributed by atoms with Crippen LogP contribution in [0.3, 0.4) is 0 Å². The second kappa shape index (κ2) is 8.16. The zero-order chi connectivity index (χ0) is 18.6. The van der Waals surface area contributed by atoms with Gasteiger partial charge < -0.3 is 9.84 Å². The Morgan fingerprint density at radius 1 is 1.00 bits per heavy atom. The second-order valence-corrected chi connectivity index (χ2v) is 8.14. The number of benzene rings is 2. The second-order valence-electron chi connectivity index (χ2n) is 8.14. The Morgan fingerprint density at radius 3 is 2.48 bits per heavy atom. The highest BCUT2D eigenvalue weighted by Gasteiger charge is 2.42. The molecule has 27 heavy (non-hydrogen) atoms. The molecule has 2 fully saturated rings. The molecule has 0 aliphatic heterocycles. The molecule has 2 saturated carbocycles. The predicted molar refractivity (Wildman–Crippen MR) is 106 cm³/mol. The van der Waals surface area contributed by atoms with Gasteiger partial charge in [0, 0.05) is 0 Å². The molecule has 0 bridgehead atoms. The Morgan fingerprint density at radius 2 is 1.78 bits per heavy atom. The van der Waals surface area contributed by atoms with Crippen LogP contribution in [0.1, 0.15) is 55.6 Å². The summed E-state index contributed by atoms with van der Waals surface area (Å²) in [6.45, 7) is 0. The van der Waals surface area contributed by atoms with Crippen LogP contribution in [0, 0.1) is 11.8 Å². The van der Waals surface area contributed by atoms with E-state index in [1.54, 1.807) is 0 Å². The summed E-state index contributed by atoms with van der Waals surface area (Å²) in [5.41, 5.74) is 2.73. The van der Waals surface area contributed by atoms with E-state index in [-0.39, 0.29) is 5.92 Å². The quantitative estimate of drug-likeness (QED) is 0.711. The lowest BCUT2D eigenvalue weighted by molar-refractivity contribution is -0.138. The number of hydrogen-bond acceptors (Lipinski definition) is 2. The number of aryl methyl sites for hydroxylation is 1. The standard InChI is InChI=1S/C24H28O3/c25-24(26)23-16-20(23)14-11-17-9-12-18(13-10-17)19-5-4-8-22(15-19)27-21-6-2-1-3-7-21/h1-3,6-7,9-10,12-13,19-20,22-23H,4-5,8,11,14-16H2,(H,25,26)/t19-,20-,22-,23-/m1/s1. The molecule has 0 aromatic heterocycles. The van der Waals surface area contributed by atoms with Crippen molar-refractivity contribution in [2.24, 2.45) is 11.8 Å². The van der Waals surface area contributed by atoms with Crippen molar-refractivity contribution in [3.63, 3.8) is 0 Å². The van der Waals surface area contributed by atoms with Gasteiger partial charge in [-0.25, -0.2) is 0 Å². The number of ether oxygens (including phenoxy) is 1. The maximum atomic E-state index is 10.9. The summed E-state index contributed by atoms with van der Waals surface area (Å²) in [4.78, 5) is 10.9. The van der Waals surface area contributed by atoms with Crippen molar-refractivity contribution < 1.29 is 14.6 Å². The molecular weight excluding hydrogens is 336 g/mol. The molecule has 0 radical (unpaired) electrons. The molecule has 0 saturated heterocycles. The van der Waals surface area contributed by atoms with Crippen LogP contribution in [0.4, 0.5) is 0 Å².